The molecule has 2 amide bonds. The molecule has 4 heteroatoms. The van der Waals surface area contributed by atoms with E-state index in [0.717, 1.165) is 12.1 Å². The molecule has 2 rings (SSSR count). The minimum Gasteiger partial charge on any atom is -0.350 e. The van der Waals surface area contributed by atoms with Crippen molar-refractivity contribution in [2.75, 3.05) is 0 Å². The van der Waals surface area contributed by atoms with Crippen molar-refractivity contribution in [3.05, 3.63) is 0 Å². The smallest absolute Gasteiger partial charge is 0.332 e. The highest BCUT2D eigenvalue weighted by atomic mass is 16.2. The van der Waals surface area contributed by atoms with Gasteiger partial charge in [-0.15, -0.1) is 0 Å². The molecular formula is C14H25N3O. The van der Waals surface area contributed by atoms with E-state index in [-0.39, 0.29) is 0 Å². The van der Waals surface area contributed by atoms with Gasteiger partial charge in [0.25, 0.3) is 0 Å². The second-order valence-electron chi connectivity index (χ2n) is 6.67. The zero-order valence-electron chi connectivity index (χ0n) is 11.9. The molecule has 3 N–H and O–H groups in total. The molecule has 0 aromatic heterocycles. The third kappa shape index (κ3) is 1.82. The highest BCUT2D eigenvalue weighted by Gasteiger charge is 2.61. The summed E-state index contributed by atoms with van der Waals surface area (Å²) in [6.07, 6.45) is 4.68. The summed E-state index contributed by atoms with van der Waals surface area (Å²) in [5, 5.41) is 4.23. The fourth-order valence-corrected chi connectivity index (χ4v) is 4.20. The second-order valence-corrected chi connectivity index (χ2v) is 6.67. The summed E-state index contributed by atoms with van der Waals surface area (Å²) >= 11 is 0. The number of carbonyl (C=O) groups is 1. The summed E-state index contributed by atoms with van der Waals surface area (Å²) in [6.45, 7) is 9.28. The molecule has 0 spiro atoms. The molecule has 0 unspecified atom stereocenters. The number of nitrogens with zero attached hydrogens (tertiary/aromatic N) is 1. The quantitative estimate of drug-likeness (QED) is 0.588. The van der Waals surface area contributed by atoms with Crippen molar-refractivity contribution in [3.63, 3.8) is 0 Å². The number of primary amides is 1. The van der Waals surface area contributed by atoms with Gasteiger partial charge in [-0.25, -0.2) is 10.2 Å². The topological polar surface area (TPSA) is 67.5 Å². The van der Waals surface area contributed by atoms with Gasteiger partial charge in [-0.3, -0.25) is 0 Å². The lowest BCUT2D eigenvalue weighted by Gasteiger charge is -2.34. The van der Waals surface area contributed by atoms with Crippen molar-refractivity contribution in [1.82, 2.24) is 5.43 Å². The lowest BCUT2D eigenvalue weighted by molar-refractivity contribution is 0.152. The Hall–Kier alpha value is -1.06. The van der Waals surface area contributed by atoms with E-state index in [1.165, 1.54) is 19.3 Å². The predicted molar refractivity (Wildman–Crippen MR) is 73.2 cm³/mol. The van der Waals surface area contributed by atoms with Crippen molar-refractivity contribution in [2.45, 2.75) is 53.4 Å². The van der Waals surface area contributed by atoms with Gasteiger partial charge in [-0.1, -0.05) is 27.7 Å². The molecule has 0 radical (unpaired) electrons. The second kappa shape index (κ2) is 4.25. The van der Waals surface area contributed by atoms with E-state index in [1.54, 1.807) is 0 Å². The Kier molecular flexibility index (Phi) is 3.16. The maximum absolute atomic E-state index is 10.8. The summed E-state index contributed by atoms with van der Waals surface area (Å²) in [5.74, 6) is 1.20. The Labute approximate surface area is 109 Å². The van der Waals surface area contributed by atoms with Gasteiger partial charge in [0.2, 0.25) is 0 Å². The van der Waals surface area contributed by atoms with Crippen LogP contribution in [0.5, 0.6) is 0 Å². The van der Waals surface area contributed by atoms with Crippen LogP contribution in [0, 0.1) is 22.7 Å². The minimum absolute atomic E-state index is 0.375. The van der Waals surface area contributed by atoms with Crippen LogP contribution in [0.3, 0.4) is 0 Å². The number of urea groups is 1. The first-order valence-electron chi connectivity index (χ1n) is 6.93. The monoisotopic (exact) mass is 251 g/mol. The maximum atomic E-state index is 10.8. The van der Waals surface area contributed by atoms with E-state index in [2.05, 4.69) is 38.2 Å². The highest BCUT2D eigenvalue weighted by molar-refractivity contribution is 5.88. The molecule has 18 heavy (non-hydrogen) atoms. The van der Waals surface area contributed by atoms with Gasteiger partial charge in [0.1, 0.15) is 0 Å². The van der Waals surface area contributed by atoms with Crippen LogP contribution in [0.1, 0.15) is 53.4 Å². The maximum Gasteiger partial charge on any atom is 0.332 e. The Bertz CT molecular complexity index is 386. The van der Waals surface area contributed by atoms with Crippen molar-refractivity contribution >= 4 is 11.7 Å². The molecule has 0 aliphatic heterocycles. The van der Waals surface area contributed by atoms with E-state index in [4.69, 9.17) is 5.73 Å². The molecule has 0 heterocycles. The normalized spacial score (nSPS) is 37.9. The molecule has 3 atom stereocenters. The number of carbonyl (C=O) groups excluding carboxylic acids is 1. The van der Waals surface area contributed by atoms with Crippen LogP contribution < -0.4 is 11.2 Å². The van der Waals surface area contributed by atoms with E-state index >= 15 is 0 Å². The summed E-state index contributed by atoms with van der Waals surface area (Å²) in [5.41, 5.74) is 9.40. The standard InChI is InChI=1S/C14H25N3O/c1-5-11(16-17-12(15)18)9-8-14(4)7-6-10(9)13(14,2)3/h9-10H,5-8H2,1-4H3,(H3,15,17,18)/b16-11-/t9-,10+,14-/m1/s1. The molecule has 2 fully saturated rings. The first-order valence-corrected chi connectivity index (χ1v) is 6.93. The number of rotatable bonds is 3. The van der Waals surface area contributed by atoms with Gasteiger partial charge in [0, 0.05) is 11.6 Å². The number of hydrazone groups is 1. The van der Waals surface area contributed by atoms with Crippen molar-refractivity contribution < 1.29 is 4.79 Å². The Morgan fingerprint density at radius 1 is 1.44 bits per heavy atom. The lowest BCUT2D eigenvalue weighted by Crippen LogP contribution is -2.30. The lowest BCUT2D eigenvalue weighted by atomic mass is 9.71. The van der Waals surface area contributed by atoms with Crippen LogP contribution in [0.4, 0.5) is 4.79 Å². The predicted octanol–water partition coefficient (Wildman–Crippen LogP) is 2.88. The van der Waals surface area contributed by atoms with Crippen LogP contribution in [0.25, 0.3) is 0 Å². The first-order chi connectivity index (χ1) is 8.32. The molecule has 2 aliphatic rings. The average molecular weight is 251 g/mol. The summed E-state index contributed by atoms with van der Waals surface area (Å²) in [6, 6.07) is -0.574. The number of nitrogens with two attached hydrogens (primary N) is 1. The van der Waals surface area contributed by atoms with E-state index < -0.39 is 6.03 Å². The van der Waals surface area contributed by atoms with Gasteiger partial charge >= 0.3 is 6.03 Å². The average Bonchev–Trinajstić information content (AvgIpc) is 2.61. The van der Waals surface area contributed by atoms with Crippen LogP contribution >= 0.6 is 0 Å². The molecule has 4 nitrogen and oxygen atoms in total. The van der Waals surface area contributed by atoms with Crippen LogP contribution in [0.2, 0.25) is 0 Å². The van der Waals surface area contributed by atoms with Crippen molar-refractivity contribution in [2.24, 2.45) is 33.5 Å². The molecule has 2 bridgehead atoms. The van der Waals surface area contributed by atoms with Crippen LogP contribution in [-0.2, 0) is 0 Å². The summed E-state index contributed by atoms with van der Waals surface area (Å²) < 4.78 is 0. The number of fused-ring (bicyclic) bond motifs is 2. The zero-order valence-corrected chi connectivity index (χ0v) is 11.9. The van der Waals surface area contributed by atoms with E-state index in [9.17, 15) is 4.79 Å². The summed E-state index contributed by atoms with van der Waals surface area (Å²) in [4.78, 5) is 10.8. The number of nitrogens with one attached hydrogen (secondary N) is 1. The molecule has 2 saturated carbocycles. The largest absolute Gasteiger partial charge is 0.350 e. The highest BCUT2D eigenvalue weighted by Crippen LogP contribution is 2.67. The molecule has 102 valence electrons. The molecule has 0 aromatic carbocycles. The van der Waals surface area contributed by atoms with Crippen molar-refractivity contribution in [3.8, 4) is 0 Å². The molecule has 2 aliphatic carbocycles. The van der Waals surface area contributed by atoms with Crippen molar-refractivity contribution in [1.29, 1.82) is 0 Å². The van der Waals surface area contributed by atoms with Gasteiger partial charge in [-0.2, -0.15) is 5.10 Å². The third-order valence-electron chi connectivity index (χ3n) is 5.75. The summed E-state index contributed by atoms with van der Waals surface area (Å²) in [7, 11) is 0. The van der Waals surface area contributed by atoms with E-state index in [1.807, 2.05) is 0 Å². The van der Waals surface area contributed by atoms with Gasteiger partial charge in [0.05, 0.1) is 0 Å². The fourth-order valence-electron chi connectivity index (χ4n) is 4.20. The zero-order chi connectivity index (χ0) is 13.6. The molecular weight excluding hydrogens is 226 g/mol. The molecule has 0 aromatic rings. The Morgan fingerprint density at radius 3 is 2.50 bits per heavy atom. The Morgan fingerprint density at radius 2 is 2.11 bits per heavy atom. The van der Waals surface area contributed by atoms with Gasteiger partial charge in [-0.05, 0) is 42.4 Å². The van der Waals surface area contributed by atoms with Gasteiger partial charge in [0.15, 0.2) is 0 Å². The first kappa shape index (κ1) is 13.4. The Balaban J connectivity index is 2.21. The van der Waals surface area contributed by atoms with Crippen LogP contribution in [-0.4, -0.2) is 11.7 Å². The molecule has 0 saturated heterocycles. The van der Waals surface area contributed by atoms with E-state index in [0.29, 0.717) is 22.7 Å². The SMILES string of the molecule is CC/C(=N/NC(N)=O)[C@@H]1C[C@@]2(C)CC[C@@H]1C2(C)C. The fraction of sp³-hybridized carbons (Fsp3) is 0.857. The van der Waals surface area contributed by atoms with Gasteiger partial charge < -0.3 is 5.73 Å². The van der Waals surface area contributed by atoms with Crippen LogP contribution in [0.15, 0.2) is 5.10 Å². The number of amides is 2. The minimum atomic E-state index is -0.574. The third-order valence-corrected chi connectivity index (χ3v) is 5.75. The number of hydrogen-bond donors (Lipinski definition) is 2. The number of hydrogen-bond acceptors (Lipinski definition) is 2.